The van der Waals surface area contributed by atoms with E-state index in [2.05, 4.69) is 4.98 Å². The summed E-state index contributed by atoms with van der Waals surface area (Å²) < 4.78 is 43.8. The lowest BCUT2D eigenvalue weighted by molar-refractivity contribution is -0.137. The first-order chi connectivity index (χ1) is 11.4. The maximum Gasteiger partial charge on any atom is 0.416 e. The molecule has 7 heteroatoms. The highest BCUT2D eigenvalue weighted by atomic mass is 19.4. The van der Waals surface area contributed by atoms with Gasteiger partial charge in [-0.1, -0.05) is 24.3 Å². The normalized spacial score (nSPS) is 11.5. The second kappa shape index (κ2) is 5.84. The predicted octanol–water partition coefficient (Wildman–Crippen LogP) is 4.14. The van der Waals surface area contributed by atoms with E-state index in [0.29, 0.717) is 10.9 Å². The second-order valence-corrected chi connectivity index (χ2v) is 5.01. The minimum atomic E-state index is -4.49. The Balaban J connectivity index is 2.08. The maximum absolute atomic E-state index is 12.8. The van der Waals surface area contributed by atoms with Crippen LogP contribution >= 0.6 is 0 Å². The zero-order chi connectivity index (χ0) is 17.3. The number of halogens is 3. The highest BCUT2D eigenvalue weighted by Crippen LogP contribution is 2.34. The lowest BCUT2D eigenvalue weighted by atomic mass is 10.1. The van der Waals surface area contributed by atoms with Crippen LogP contribution in [-0.4, -0.2) is 10.9 Å². The smallest absolute Gasteiger partial charge is 0.416 e. The zero-order valence-corrected chi connectivity index (χ0v) is 12.2. The van der Waals surface area contributed by atoms with E-state index in [1.807, 2.05) is 0 Å². The zero-order valence-electron chi connectivity index (χ0n) is 12.2. The van der Waals surface area contributed by atoms with Crippen LogP contribution in [-0.2, 0) is 6.18 Å². The first-order valence-corrected chi connectivity index (χ1v) is 6.89. The number of carbonyl (C=O) groups is 1. The van der Waals surface area contributed by atoms with Crippen LogP contribution in [0.5, 0.6) is 11.5 Å². The Hall–Kier alpha value is -3.09. The molecule has 0 unspecified atom stereocenters. The molecule has 0 fully saturated rings. The van der Waals surface area contributed by atoms with Crippen molar-refractivity contribution in [1.82, 2.24) is 4.98 Å². The maximum atomic E-state index is 12.8. The summed E-state index contributed by atoms with van der Waals surface area (Å²) in [5.41, 5.74) is 5.15. The van der Waals surface area contributed by atoms with Crippen molar-refractivity contribution in [2.45, 2.75) is 6.18 Å². The third kappa shape index (κ3) is 3.01. The largest absolute Gasteiger partial charge is 0.455 e. The molecule has 0 atom stereocenters. The number of hydrogen-bond donors (Lipinski definition) is 1. The van der Waals surface area contributed by atoms with E-state index in [4.69, 9.17) is 10.5 Å². The third-order valence-electron chi connectivity index (χ3n) is 3.38. The summed E-state index contributed by atoms with van der Waals surface area (Å²) >= 11 is 0. The molecular formula is C17H11F3N2O2. The second-order valence-electron chi connectivity index (χ2n) is 5.01. The van der Waals surface area contributed by atoms with Gasteiger partial charge in [0.1, 0.15) is 5.75 Å². The number of aromatic nitrogens is 1. The van der Waals surface area contributed by atoms with Crippen molar-refractivity contribution >= 4 is 16.8 Å². The third-order valence-corrected chi connectivity index (χ3v) is 3.38. The van der Waals surface area contributed by atoms with Crippen LogP contribution < -0.4 is 10.5 Å². The molecule has 0 aliphatic rings. The standard InChI is InChI=1S/C17H11F3N2O2/c18-17(19,20)10-4-3-5-11(8-10)24-14-9-22-13-7-2-1-6-12(13)15(14)16(21)23/h1-9H,(H2,21,23). The number of amides is 1. The number of fused-ring (bicyclic) bond motifs is 1. The number of carbonyl (C=O) groups excluding carboxylic acids is 1. The van der Waals surface area contributed by atoms with Crippen LogP contribution in [0, 0.1) is 0 Å². The quantitative estimate of drug-likeness (QED) is 0.784. The molecule has 2 N–H and O–H groups in total. The summed E-state index contributed by atoms with van der Waals surface area (Å²) in [4.78, 5) is 15.9. The Kier molecular flexibility index (Phi) is 3.84. The molecule has 0 bridgehead atoms. The van der Waals surface area contributed by atoms with Gasteiger partial charge in [0.05, 0.1) is 22.8 Å². The molecule has 1 aromatic heterocycles. The number of pyridine rings is 1. The van der Waals surface area contributed by atoms with Crippen molar-refractivity contribution in [2.75, 3.05) is 0 Å². The van der Waals surface area contributed by atoms with Crippen LogP contribution in [0.2, 0.25) is 0 Å². The van der Waals surface area contributed by atoms with Crippen LogP contribution in [0.25, 0.3) is 10.9 Å². The molecule has 2 aromatic carbocycles. The molecule has 1 heterocycles. The molecule has 0 aliphatic heterocycles. The first-order valence-electron chi connectivity index (χ1n) is 6.89. The van der Waals surface area contributed by atoms with Crippen molar-refractivity contribution in [3.63, 3.8) is 0 Å². The molecule has 0 saturated carbocycles. The molecule has 0 aliphatic carbocycles. The molecule has 3 rings (SSSR count). The van der Waals surface area contributed by atoms with Crippen molar-refractivity contribution in [2.24, 2.45) is 5.73 Å². The fourth-order valence-corrected chi connectivity index (χ4v) is 2.32. The summed E-state index contributed by atoms with van der Waals surface area (Å²) in [6.07, 6.45) is -3.23. The predicted molar refractivity (Wildman–Crippen MR) is 81.8 cm³/mol. The molecule has 0 spiro atoms. The number of ether oxygens (including phenoxy) is 1. The Labute approximate surface area is 134 Å². The molecule has 0 radical (unpaired) electrons. The number of primary amides is 1. The van der Waals surface area contributed by atoms with E-state index < -0.39 is 17.6 Å². The summed E-state index contributed by atoms with van der Waals surface area (Å²) in [6, 6.07) is 11.1. The molecular weight excluding hydrogens is 321 g/mol. The molecule has 0 saturated heterocycles. The number of benzene rings is 2. The van der Waals surface area contributed by atoms with Gasteiger partial charge in [0, 0.05) is 5.39 Å². The minimum absolute atomic E-state index is 0.000486. The fourth-order valence-electron chi connectivity index (χ4n) is 2.32. The highest BCUT2D eigenvalue weighted by Gasteiger charge is 2.30. The Bertz CT molecular complexity index is 923. The Morgan fingerprint density at radius 3 is 2.54 bits per heavy atom. The van der Waals surface area contributed by atoms with Crippen LogP contribution in [0.3, 0.4) is 0 Å². The summed E-state index contributed by atoms with van der Waals surface area (Å²) in [7, 11) is 0. The van der Waals surface area contributed by atoms with Gasteiger partial charge in [-0.15, -0.1) is 0 Å². The van der Waals surface area contributed by atoms with Crippen LogP contribution in [0.15, 0.2) is 54.7 Å². The van der Waals surface area contributed by atoms with Gasteiger partial charge in [-0.05, 0) is 24.3 Å². The molecule has 122 valence electrons. The van der Waals surface area contributed by atoms with E-state index in [0.717, 1.165) is 12.1 Å². The topological polar surface area (TPSA) is 65.2 Å². The van der Waals surface area contributed by atoms with E-state index in [-0.39, 0.29) is 17.1 Å². The van der Waals surface area contributed by atoms with Gasteiger partial charge in [0.25, 0.3) is 5.91 Å². The summed E-state index contributed by atoms with van der Waals surface area (Å²) in [5.74, 6) is -0.819. The number of para-hydroxylation sites is 1. The van der Waals surface area contributed by atoms with Gasteiger partial charge < -0.3 is 10.5 Å². The van der Waals surface area contributed by atoms with Gasteiger partial charge in [-0.25, -0.2) is 0 Å². The van der Waals surface area contributed by atoms with E-state index >= 15 is 0 Å². The summed E-state index contributed by atoms with van der Waals surface area (Å²) in [5, 5.41) is 0.467. The molecule has 1 amide bonds. The van der Waals surface area contributed by atoms with E-state index in [9.17, 15) is 18.0 Å². The number of hydrogen-bond acceptors (Lipinski definition) is 3. The van der Waals surface area contributed by atoms with Crippen LogP contribution in [0.1, 0.15) is 15.9 Å². The van der Waals surface area contributed by atoms with Gasteiger partial charge in [-0.3, -0.25) is 9.78 Å². The average Bonchev–Trinajstić information content (AvgIpc) is 2.53. The first kappa shape index (κ1) is 15.8. The lowest BCUT2D eigenvalue weighted by Gasteiger charge is -2.13. The minimum Gasteiger partial charge on any atom is -0.455 e. The van der Waals surface area contributed by atoms with E-state index in [1.165, 1.54) is 18.3 Å². The van der Waals surface area contributed by atoms with E-state index in [1.54, 1.807) is 24.3 Å². The van der Waals surface area contributed by atoms with Crippen molar-refractivity contribution < 1.29 is 22.7 Å². The van der Waals surface area contributed by atoms with Crippen molar-refractivity contribution in [3.05, 3.63) is 65.9 Å². The molecule has 3 aromatic rings. The van der Waals surface area contributed by atoms with Gasteiger partial charge in [0.15, 0.2) is 5.75 Å². The monoisotopic (exact) mass is 332 g/mol. The molecule has 24 heavy (non-hydrogen) atoms. The molecule has 4 nitrogen and oxygen atoms in total. The Morgan fingerprint density at radius 2 is 1.83 bits per heavy atom. The van der Waals surface area contributed by atoms with Gasteiger partial charge in [0.2, 0.25) is 0 Å². The SMILES string of the molecule is NC(=O)c1c(Oc2cccc(C(F)(F)F)c2)cnc2ccccc12. The van der Waals surface area contributed by atoms with Gasteiger partial charge in [-0.2, -0.15) is 13.2 Å². The number of alkyl halides is 3. The Morgan fingerprint density at radius 1 is 1.08 bits per heavy atom. The van der Waals surface area contributed by atoms with Crippen molar-refractivity contribution in [1.29, 1.82) is 0 Å². The average molecular weight is 332 g/mol. The lowest BCUT2D eigenvalue weighted by Crippen LogP contribution is -2.13. The highest BCUT2D eigenvalue weighted by molar-refractivity contribution is 6.07. The number of rotatable bonds is 3. The fraction of sp³-hybridized carbons (Fsp3) is 0.0588. The van der Waals surface area contributed by atoms with Gasteiger partial charge >= 0.3 is 6.18 Å². The van der Waals surface area contributed by atoms with Crippen LogP contribution in [0.4, 0.5) is 13.2 Å². The van der Waals surface area contributed by atoms with Crippen molar-refractivity contribution in [3.8, 4) is 11.5 Å². The number of nitrogens with zero attached hydrogens (tertiary/aromatic N) is 1. The summed E-state index contributed by atoms with van der Waals surface area (Å²) in [6.45, 7) is 0. The number of nitrogens with two attached hydrogens (primary N) is 1.